The van der Waals surface area contributed by atoms with Crippen LogP contribution in [-0.4, -0.2) is 25.1 Å². The summed E-state index contributed by atoms with van der Waals surface area (Å²) in [6.45, 7) is 0.347. The van der Waals surface area contributed by atoms with Crippen molar-refractivity contribution >= 4 is 22.6 Å². The van der Waals surface area contributed by atoms with E-state index < -0.39 is 0 Å². The SMILES string of the molecule is COc1ccc(NC(=O)c2cc3cccc(OC)c3o2)cc1OCc1ccncc1. The van der Waals surface area contributed by atoms with Crippen LogP contribution in [0.2, 0.25) is 0 Å². The smallest absolute Gasteiger partial charge is 0.291 e. The number of nitrogens with zero attached hydrogens (tertiary/aromatic N) is 1. The van der Waals surface area contributed by atoms with Crippen molar-refractivity contribution in [1.82, 2.24) is 4.98 Å². The summed E-state index contributed by atoms with van der Waals surface area (Å²) in [5.41, 5.74) is 2.05. The second-order valence-corrected chi connectivity index (χ2v) is 6.45. The second-order valence-electron chi connectivity index (χ2n) is 6.45. The number of anilines is 1. The molecule has 0 radical (unpaired) electrons. The number of para-hydroxylation sites is 1. The van der Waals surface area contributed by atoms with E-state index in [2.05, 4.69) is 10.3 Å². The number of benzene rings is 2. The van der Waals surface area contributed by atoms with E-state index in [9.17, 15) is 4.79 Å². The zero-order chi connectivity index (χ0) is 20.9. The number of hydrogen-bond donors (Lipinski definition) is 1. The third kappa shape index (κ3) is 4.05. The molecule has 7 nitrogen and oxygen atoms in total. The van der Waals surface area contributed by atoms with Crippen LogP contribution in [0.15, 0.2) is 71.4 Å². The normalized spacial score (nSPS) is 10.6. The zero-order valence-electron chi connectivity index (χ0n) is 16.5. The van der Waals surface area contributed by atoms with Crippen molar-refractivity contribution in [2.75, 3.05) is 19.5 Å². The van der Waals surface area contributed by atoms with Crippen molar-refractivity contribution in [1.29, 1.82) is 0 Å². The molecule has 0 aliphatic rings. The molecule has 1 amide bonds. The standard InChI is InChI=1S/C23H20N2O5/c1-27-18-7-6-17(13-20(18)29-14-15-8-10-24-11-9-15)25-23(26)21-12-16-4-3-5-19(28-2)22(16)30-21/h3-13H,14H2,1-2H3,(H,25,26). The van der Waals surface area contributed by atoms with Gasteiger partial charge in [-0.2, -0.15) is 0 Å². The molecule has 0 aliphatic heterocycles. The van der Waals surface area contributed by atoms with Gasteiger partial charge in [0, 0.05) is 29.5 Å². The summed E-state index contributed by atoms with van der Waals surface area (Å²) < 4.78 is 22.2. The third-order valence-electron chi connectivity index (χ3n) is 4.52. The van der Waals surface area contributed by atoms with Crippen molar-refractivity contribution < 1.29 is 23.4 Å². The Kier molecular flexibility index (Phi) is 5.52. The molecule has 0 saturated heterocycles. The van der Waals surface area contributed by atoms with Gasteiger partial charge in [0.25, 0.3) is 5.91 Å². The third-order valence-corrected chi connectivity index (χ3v) is 4.52. The molecule has 0 spiro atoms. The minimum atomic E-state index is -0.376. The minimum Gasteiger partial charge on any atom is -0.493 e. The number of nitrogens with one attached hydrogen (secondary N) is 1. The van der Waals surface area contributed by atoms with Crippen LogP contribution < -0.4 is 19.5 Å². The monoisotopic (exact) mass is 404 g/mol. The fourth-order valence-electron chi connectivity index (χ4n) is 3.01. The van der Waals surface area contributed by atoms with Gasteiger partial charge in [-0.15, -0.1) is 0 Å². The number of hydrogen-bond acceptors (Lipinski definition) is 6. The maximum atomic E-state index is 12.7. The van der Waals surface area contributed by atoms with Crippen LogP contribution in [0.1, 0.15) is 16.1 Å². The maximum Gasteiger partial charge on any atom is 0.291 e. The summed E-state index contributed by atoms with van der Waals surface area (Å²) in [5.74, 6) is 1.46. The van der Waals surface area contributed by atoms with Gasteiger partial charge in [0.1, 0.15) is 6.61 Å². The number of carbonyl (C=O) groups is 1. The van der Waals surface area contributed by atoms with Gasteiger partial charge in [-0.25, -0.2) is 0 Å². The van der Waals surface area contributed by atoms with E-state index in [1.165, 1.54) is 0 Å². The summed E-state index contributed by atoms with van der Waals surface area (Å²) in [7, 11) is 3.12. The Morgan fingerprint density at radius 1 is 0.967 bits per heavy atom. The molecule has 4 aromatic rings. The van der Waals surface area contributed by atoms with E-state index in [1.807, 2.05) is 24.3 Å². The predicted molar refractivity (Wildman–Crippen MR) is 112 cm³/mol. The molecule has 7 heteroatoms. The van der Waals surface area contributed by atoms with Crippen LogP contribution in [0.4, 0.5) is 5.69 Å². The highest BCUT2D eigenvalue weighted by Crippen LogP contribution is 2.32. The number of pyridine rings is 1. The molecule has 2 heterocycles. The van der Waals surface area contributed by atoms with E-state index >= 15 is 0 Å². The minimum absolute atomic E-state index is 0.185. The lowest BCUT2D eigenvalue weighted by molar-refractivity contribution is 0.0998. The van der Waals surface area contributed by atoms with Gasteiger partial charge in [0.05, 0.1) is 14.2 Å². The van der Waals surface area contributed by atoms with E-state index in [4.69, 9.17) is 18.6 Å². The Labute approximate surface area is 173 Å². The molecule has 0 saturated carbocycles. The molecule has 0 unspecified atom stereocenters. The molecule has 0 atom stereocenters. The number of ether oxygens (including phenoxy) is 3. The topological polar surface area (TPSA) is 82.8 Å². The zero-order valence-corrected chi connectivity index (χ0v) is 16.5. The molecular weight excluding hydrogens is 384 g/mol. The van der Waals surface area contributed by atoms with Crippen molar-refractivity contribution in [2.45, 2.75) is 6.61 Å². The van der Waals surface area contributed by atoms with Gasteiger partial charge in [-0.1, -0.05) is 12.1 Å². The van der Waals surface area contributed by atoms with Crippen molar-refractivity contribution in [2.24, 2.45) is 0 Å². The van der Waals surface area contributed by atoms with Crippen LogP contribution in [0.3, 0.4) is 0 Å². The average Bonchev–Trinajstić information content (AvgIpc) is 3.23. The predicted octanol–water partition coefficient (Wildman–Crippen LogP) is 4.68. The van der Waals surface area contributed by atoms with E-state index in [0.717, 1.165) is 10.9 Å². The van der Waals surface area contributed by atoms with Gasteiger partial charge in [-0.05, 0) is 42.0 Å². The number of rotatable bonds is 7. The molecule has 152 valence electrons. The maximum absolute atomic E-state index is 12.7. The number of fused-ring (bicyclic) bond motifs is 1. The molecule has 2 aromatic heterocycles. The highest BCUT2D eigenvalue weighted by molar-refractivity contribution is 6.05. The number of methoxy groups -OCH3 is 2. The Bertz CT molecular complexity index is 1170. The molecule has 0 aliphatic carbocycles. The van der Waals surface area contributed by atoms with Crippen LogP contribution in [0.5, 0.6) is 17.2 Å². The van der Waals surface area contributed by atoms with E-state index in [-0.39, 0.29) is 11.7 Å². The van der Waals surface area contributed by atoms with Gasteiger partial charge in [-0.3, -0.25) is 9.78 Å². The first-order valence-electron chi connectivity index (χ1n) is 9.25. The Hall–Kier alpha value is -4.00. The summed E-state index contributed by atoms with van der Waals surface area (Å²) in [4.78, 5) is 16.7. The van der Waals surface area contributed by atoms with Gasteiger partial charge < -0.3 is 23.9 Å². The number of carbonyl (C=O) groups excluding carboxylic acids is 1. The fourth-order valence-corrected chi connectivity index (χ4v) is 3.01. The highest BCUT2D eigenvalue weighted by Gasteiger charge is 2.16. The number of aromatic nitrogens is 1. The molecule has 0 bridgehead atoms. The lowest BCUT2D eigenvalue weighted by atomic mass is 10.2. The molecule has 2 aromatic carbocycles. The van der Waals surface area contributed by atoms with Gasteiger partial charge in [0.2, 0.25) is 0 Å². The molecule has 4 rings (SSSR count). The summed E-state index contributed by atoms with van der Waals surface area (Å²) in [6.07, 6.45) is 3.41. The Morgan fingerprint density at radius 2 is 1.77 bits per heavy atom. The quantitative estimate of drug-likeness (QED) is 0.482. The Balaban J connectivity index is 1.53. The van der Waals surface area contributed by atoms with E-state index in [0.29, 0.717) is 35.1 Å². The van der Waals surface area contributed by atoms with Crippen LogP contribution in [0.25, 0.3) is 11.0 Å². The van der Waals surface area contributed by atoms with Crippen molar-refractivity contribution in [3.63, 3.8) is 0 Å². The second kappa shape index (κ2) is 8.57. The molecule has 1 N–H and O–H groups in total. The van der Waals surface area contributed by atoms with Crippen molar-refractivity contribution in [3.05, 3.63) is 78.3 Å². The van der Waals surface area contributed by atoms with Crippen LogP contribution in [-0.2, 0) is 6.61 Å². The highest BCUT2D eigenvalue weighted by atomic mass is 16.5. The number of furan rings is 1. The molecular formula is C23H20N2O5. The fraction of sp³-hybridized carbons (Fsp3) is 0.130. The molecule has 0 fully saturated rings. The van der Waals surface area contributed by atoms with Crippen molar-refractivity contribution in [3.8, 4) is 17.2 Å². The van der Waals surface area contributed by atoms with Gasteiger partial charge >= 0.3 is 0 Å². The first kappa shape index (κ1) is 19.3. The lowest BCUT2D eigenvalue weighted by Gasteiger charge is -2.12. The largest absolute Gasteiger partial charge is 0.493 e. The van der Waals surface area contributed by atoms with Gasteiger partial charge in [0.15, 0.2) is 28.6 Å². The first-order chi connectivity index (χ1) is 14.7. The Morgan fingerprint density at radius 3 is 2.53 bits per heavy atom. The van der Waals surface area contributed by atoms with Crippen LogP contribution in [0, 0.1) is 0 Å². The summed E-state index contributed by atoms with van der Waals surface area (Å²) >= 11 is 0. The summed E-state index contributed by atoms with van der Waals surface area (Å²) in [5, 5.41) is 3.62. The van der Waals surface area contributed by atoms with Crippen LogP contribution >= 0.6 is 0 Å². The average molecular weight is 404 g/mol. The summed E-state index contributed by atoms with van der Waals surface area (Å²) in [6, 6.07) is 16.1. The van der Waals surface area contributed by atoms with E-state index in [1.54, 1.807) is 56.9 Å². The molecule has 30 heavy (non-hydrogen) atoms. The first-order valence-corrected chi connectivity index (χ1v) is 9.25. The number of amides is 1. The lowest BCUT2D eigenvalue weighted by Crippen LogP contribution is -2.11.